The Balaban J connectivity index is 1.74. The van der Waals surface area contributed by atoms with Gasteiger partial charge in [0.15, 0.2) is 11.5 Å². The van der Waals surface area contributed by atoms with Crippen molar-refractivity contribution in [2.75, 3.05) is 52.4 Å². The molecule has 7 nitrogen and oxygen atoms in total. The van der Waals surface area contributed by atoms with E-state index in [1.54, 1.807) is 19.2 Å². The molecule has 1 heterocycles. The van der Waals surface area contributed by atoms with Crippen LogP contribution in [0, 0.1) is 0 Å². The molecule has 0 atom stereocenters. The van der Waals surface area contributed by atoms with Crippen LogP contribution in [0.25, 0.3) is 0 Å². The minimum absolute atomic E-state index is 0.204. The maximum atomic E-state index is 13.0. The molecule has 0 spiro atoms. The highest BCUT2D eigenvalue weighted by atomic mass is 32.2. The Morgan fingerprint density at radius 1 is 0.815 bits per heavy atom. The lowest BCUT2D eigenvalue weighted by Crippen LogP contribution is -2.48. The highest BCUT2D eigenvalue weighted by Gasteiger charge is 2.29. The maximum Gasteiger partial charge on any atom is 0.243 e. The quantitative estimate of drug-likeness (QED) is 0.751. The number of methoxy groups -OCH3 is 3. The molecule has 0 aromatic heterocycles. The molecule has 0 N–H and O–H groups in total. The van der Waals surface area contributed by atoms with Crippen LogP contribution in [0.4, 0.5) is 5.69 Å². The van der Waals surface area contributed by atoms with Crippen LogP contribution in [0.15, 0.2) is 47.4 Å². The lowest BCUT2D eigenvalue weighted by Gasteiger charge is -2.35. The number of benzene rings is 2. The van der Waals surface area contributed by atoms with Crippen molar-refractivity contribution in [1.82, 2.24) is 4.31 Å². The summed E-state index contributed by atoms with van der Waals surface area (Å²) >= 11 is 0. The lowest BCUT2D eigenvalue weighted by molar-refractivity contribution is 0.353. The summed E-state index contributed by atoms with van der Waals surface area (Å²) in [7, 11) is 1.05. The molecule has 1 fully saturated rings. The topological polar surface area (TPSA) is 68.3 Å². The monoisotopic (exact) mass is 392 g/mol. The number of ether oxygens (including phenoxy) is 3. The first-order valence-electron chi connectivity index (χ1n) is 8.61. The molecule has 0 bridgehead atoms. The average molecular weight is 392 g/mol. The second-order valence-corrected chi connectivity index (χ2v) is 8.05. The number of hydrogen-bond acceptors (Lipinski definition) is 6. The van der Waals surface area contributed by atoms with Gasteiger partial charge in [-0.25, -0.2) is 8.42 Å². The highest BCUT2D eigenvalue weighted by molar-refractivity contribution is 7.89. The zero-order chi connectivity index (χ0) is 19.4. The molecule has 2 aromatic carbocycles. The predicted octanol–water partition coefficient (Wildman–Crippen LogP) is 2.22. The van der Waals surface area contributed by atoms with Crippen molar-refractivity contribution >= 4 is 15.7 Å². The van der Waals surface area contributed by atoms with E-state index in [1.807, 2.05) is 24.3 Å². The normalized spacial score (nSPS) is 15.4. The van der Waals surface area contributed by atoms with E-state index >= 15 is 0 Å². The van der Waals surface area contributed by atoms with Crippen LogP contribution in [-0.2, 0) is 10.0 Å². The van der Waals surface area contributed by atoms with Crippen molar-refractivity contribution < 1.29 is 22.6 Å². The van der Waals surface area contributed by atoms with E-state index in [-0.39, 0.29) is 4.90 Å². The van der Waals surface area contributed by atoms with Crippen molar-refractivity contribution in [1.29, 1.82) is 0 Å². The van der Waals surface area contributed by atoms with Gasteiger partial charge in [0.1, 0.15) is 5.75 Å². The summed E-state index contributed by atoms with van der Waals surface area (Å²) in [6.45, 7) is 2.04. The fourth-order valence-electron chi connectivity index (χ4n) is 3.12. The summed E-state index contributed by atoms with van der Waals surface area (Å²) in [4.78, 5) is 2.36. The first-order chi connectivity index (χ1) is 13.0. The largest absolute Gasteiger partial charge is 0.497 e. The summed E-state index contributed by atoms with van der Waals surface area (Å²) in [6.07, 6.45) is 0. The van der Waals surface area contributed by atoms with Crippen LogP contribution in [0.2, 0.25) is 0 Å². The van der Waals surface area contributed by atoms with Crippen LogP contribution in [-0.4, -0.2) is 60.2 Å². The van der Waals surface area contributed by atoms with Gasteiger partial charge >= 0.3 is 0 Å². The van der Waals surface area contributed by atoms with Gasteiger partial charge in [0.25, 0.3) is 0 Å². The molecule has 0 radical (unpaired) electrons. The van der Waals surface area contributed by atoms with Crippen molar-refractivity contribution in [2.45, 2.75) is 4.90 Å². The number of sulfonamides is 1. The Kier molecular flexibility index (Phi) is 5.76. The molecule has 2 aromatic rings. The van der Waals surface area contributed by atoms with E-state index in [0.717, 1.165) is 11.4 Å². The van der Waals surface area contributed by atoms with Gasteiger partial charge in [-0.15, -0.1) is 0 Å². The number of rotatable bonds is 6. The van der Waals surface area contributed by atoms with Crippen molar-refractivity contribution in [3.05, 3.63) is 42.5 Å². The van der Waals surface area contributed by atoms with Crippen molar-refractivity contribution in [3.63, 3.8) is 0 Å². The predicted molar refractivity (Wildman–Crippen MR) is 104 cm³/mol. The molecular formula is C19H24N2O5S. The molecule has 8 heteroatoms. The molecule has 146 valence electrons. The van der Waals surface area contributed by atoms with Gasteiger partial charge in [-0.2, -0.15) is 4.31 Å². The Labute approximate surface area is 160 Å². The minimum Gasteiger partial charge on any atom is -0.497 e. The molecule has 0 amide bonds. The minimum atomic E-state index is -3.59. The first-order valence-corrected chi connectivity index (χ1v) is 10.0. The van der Waals surface area contributed by atoms with E-state index in [4.69, 9.17) is 14.2 Å². The third kappa shape index (κ3) is 3.96. The smallest absolute Gasteiger partial charge is 0.243 e. The van der Waals surface area contributed by atoms with E-state index in [0.29, 0.717) is 37.7 Å². The van der Waals surface area contributed by atoms with Crippen molar-refractivity contribution in [2.24, 2.45) is 0 Å². The second-order valence-electron chi connectivity index (χ2n) is 6.11. The van der Waals surface area contributed by atoms with Gasteiger partial charge in [0.05, 0.1) is 26.2 Å². The van der Waals surface area contributed by atoms with Gasteiger partial charge in [-0.05, 0) is 24.3 Å². The third-order valence-corrected chi connectivity index (χ3v) is 6.54. The van der Waals surface area contributed by atoms with Gasteiger partial charge in [0, 0.05) is 44.0 Å². The van der Waals surface area contributed by atoms with Crippen LogP contribution < -0.4 is 19.1 Å². The molecule has 1 saturated heterocycles. The Hall–Kier alpha value is -2.45. The molecule has 3 rings (SSSR count). The Bertz CT molecular complexity index is 893. The van der Waals surface area contributed by atoms with Gasteiger partial charge in [-0.1, -0.05) is 6.07 Å². The van der Waals surface area contributed by atoms with E-state index < -0.39 is 10.0 Å². The van der Waals surface area contributed by atoms with E-state index in [9.17, 15) is 8.42 Å². The zero-order valence-electron chi connectivity index (χ0n) is 15.7. The number of piperazine rings is 1. The molecule has 27 heavy (non-hydrogen) atoms. The molecule has 0 saturated carbocycles. The summed E-state index contributed by atoms with van der Waals surface area (Å²) < 4.78 is 43.2. The van der Waals surface area contributed by atoms with Crippen LogP contribution in [0.5, 0.6) is 17.2 Å². The third-order valence-electron chi connectivity index (χ3n) is 4.65. The Morgan fingerprint density at radius 2 is 1.52 bits per heavy atom. The van der Waals surface area contributed by atoms with E-state index in [1.165, 1.54) is 24.6 Å². The van der Waals surface area contributed by atoms with Crippen LogP contribution in [0.3, 0.4) is 0 Å². The summed E-state index contributed by atoms with van der Waals surface area (Å²) in [5, 5.41) is 0. The second kappa shape index (κ2) is 8.06. The highest BCUT2D eigenvalue weighted by Crippen LogP contribution is 2.31. The Morgan fingerprint density at radius 3 is 2.15 bits per heavy atom. The summed E-state index contributed by atoms with van der Waals surface area (Å²) in [5.41, 5.74) is 1.03. The van der Waals surface area contributed by atoms with Crippen LogP contribution >= 0.6 is 0 Å². The lowest BCUT2D eigenvalue weighted by atomic mass is 10.2. The number of anilines is 1. The van der Waals surface area contributed by atoms with E-state index in [2.05, 4.69) is 4.90 Å². The average Bonchev–Trinajstić information content (AvgIpc) is 2.73. The van der Waals surface area contributed by atoms with Gasteiger partial charge < -0.3 is 19.1 Å². The molecule has 0 aliphatic carbocycles. The summed E-state index contributed by atoms with van der Waals surface area (Å²) in [6, 6.07) is 12.4. The van der Waals surface area contributed by atoms with Gasteiger partial charge in [0.2, 0.25) is 10.0 Å². The fourth-order valence-corrected chi connectivity index (χ4v) is 4.56. The standard InChI is InChI=1S/C19H24N2O5S/c1-24-16-6-4-5-15(13-16)20-9-11-21(12-10-20)27(22,23)17-7-8-18(25-2)19(14-17)26-3/h4-8,13-14H,9-12H2,1-3H3. The molecule has 0 unspecified atom stereocenters. The van der Waals surface area contributed by atoms with Gasteiger partial charge in [-0.3, -0.25) is 0 Å². The first kappa shape index (κ1) is 19.3. The molecule has 1 aliphatic rings. The maximum absolute atomic E-state index is 13.0. The zero-order valence-corrected chi connectivity index (χ0v) is 16.5. The van der Waals surface area contributed by atoms with Crippen molar-refractivity contribution in [3.8, 4) is 17.2 Å². The molecular weight excluding hydrogens is 368 g/mol. The number of hydrogen-bond donors (Lipinski definition) is 0. The van der Waals surface area contributed by atoms with Crippen LogP contribution in [0.1, 0.15) is 0 Å². The summed E-state index contributed by atoms with van der Waals surface area (Å²) in [5.74, 6) is 1.68. The number of nitrogens with zero attached hydrogens (tertiary/aromatic N) is 2. The molecule has 1 aliphatic heterocycles. The fraction of sp³-hybridized carbons (Fsp3) is 0.368. The SMILES string of the molecule is COc1cccc(N2CCN(S(=O)(=O)c3ccc(OC)c(OC)c3)CC2)c1.